The van der Waals surface area contributed by atoms with Crippen molar-refractivity contribution in [1.82, 2.24) is 4.98 Å². The number of nitrogens with zero attached hydrogens (tertiary/aromatic N) is 1. The maximum atomic E-state index is 5.34. The van der Waals surface area contributed by atoms with Crippen LogP contribution >= 0.6 is 0 Å². The molecular weight excluding hydrogens is 699 g/mol. The first-order valence-corrected chi connectivity index (χ1v) is 20.0. The van der Waals surface area contributed by atoms with E-state index in [0.717, 1.165) is 28.1 Å². The lowest BCUT2D eigenvalue weighted by Gasteiger charge is -2.20. The molecule has 1 heteroatoms. The molecule has 0 saturated heterocycles. The Morgan fingerprint density at radius 1 is 0.224 bits per heavy atom. The second-order valence-corrected chi connectivity index (χ2v) is 15.1. The van der Waals surface area contributed by atoms with E-state index in [4.69, 9.17) is 4.98 Å². The van der Waals surface area contributed by atoms with Crippen molar-refractivity contribution in [3.8, 4) is 67.0 Å². The molecular formula is C57H37N. The predicted octanol–water partition coefficient (Wildman–Crippen LogP) is 15.7. The number of hydrogen-bond acceptors (Lipinski definition) is 1. The van der Waals surface area contributed by atoms with Crippen molar-refractivity contribution < 1.29 is 0 Å². The SMILES string of the molecule is c1ccc(-c2cc(-c3ccccc3)nc(-c3ccc4c(-c5ccccc5)c5cc(-c6cc7ccccc7c7ccccc67)ccc5c(-c5ccccc5)c4c3)c2)cc1. The van der Waals surface area contributed by atoms with E-state index in [0.29, 0.717) is 0 Å². The number of hydrogen-bond donors (Lipinski definition) is 0. The lowest BCUT2D eigenvalue weighted by Crippen LogP contribution is -1.94. The summed E-state index contributed by atoms with van der Waals surface area (Å²) in [6, 6.07) is 81.4. The summed E-state index contributed by atoms with van der Waals surface area (Å²) in [5.41, 5.74) is 13.7. The van der Waals surface area contributed by atoms with E-state index in [-0.39, 0.29) is 0 Å². The Kier molecular flexibility index (Phi) is 8.23. The minimum absolute atomic E-state index is 0.945. The van der Waals surface area contributed by atoms with Gasteiger partial charge in [0, 0.05) is 11.1 Å². The van der Waals surface area contributed by atoms with Crippen LogP contribution in [0.25, 0.3) is 110 Å². The standard InChI is InChI=1S/C57H37N/c1-5-17-38(18-6-1)45-36-54(39-19-7-2-8-20-39)58-55(37-45)44-30-32-50-53(35-44)57(41-23-11-4-12-24-41)49-31-29-43(34-52(49)56(50)40-21-9-3-10-22-40)51-33-42-25-13-14-26-46(42)47-27-15-16-28-48(47)51/h1-37H. The van der Waals surface area contributed by atoms with Gasteiger partial charge in [0.2, 0.25) is 0 Å². The molecule has 1 heterocycles. The molecule has 1 nitrogen and oxygen atoms in total. The minimum Gasteiger partial charge on any atom is -0.248 e. The monoisotopic (exact) mass is 735 g/mol. The predicted molar refractivity (Wildman–Crippen MR) is 247 cm³/mol. The number of rotatable bonds is 6. The van der Waals surface area contributed by atoms with Gasteiger partial charge in [-0.2, -0.15) is 0 Å². The van der Waals surface area contributed by atoms with Crippen molar-refractivity contribution in [2.45, 2.75) is 0 Å². The third kappa shape index (κ3) is 5.84. The molecule has 10 aromatic carbocycles. The molecule has 11 rings (SSSR count). The number of pyridine rings is 1. The topological polar surface area (TPSA) is 12.9 Å². The van der Waals surface area contributed by atoms with Gasteiger partial charge in [-0.15, -0.1) is 0 Å². The smallest absolute Gasteiger partial charge is 0.0715 e. The Bertz CT molecular complexity index is 3240. The van der Waals surface area contributed by atoms with Crippen LogP contribution in [0.4, 0.5) is 0 Å². The van der Waals surface area contributed by atoms with Gasteiger partial charge in [0.1, 0.15) is 0 Å². The average Bonchev–Trinajstić information content (AvgIpc) is 3.31. The highest BCUT2D eigenvalue weighted by molar-refractivity contribution is 6.23. The Morgan fingerprint density at radius 2 is 0.672 bits per heavy atom. The van der Waals surface area contributed by atoms with Crippen LogP contribution in [0.1, 0.15) is 0 Å². The summed E-state index contributed by atoms with van der Waals surface area (Å²) in [6.45, 7) is 0. The highest BCUT2D eigenvalue weighted by Crippen LogP contribution is 2.47. The zero-order valence-electron chi connectivity index (χ0n) is 31.8. The van der Waals surface area contributed by atoms with Gasteiger partial charge in [-0.25, -0.2) is 4.98 Å². The van der Waals surface area contributed by atoms with Crippen LogP contribution in [0.15, 0.2) is 224 Å². The molecule has 11 aromatic rings. The lowest BCUT2D eigenvalue weighted by molar-refractivity contribution is 1.32. The largest absolute Gasteiger partial charge is 0.248 e. The summed E-state index contributed by atoms with van der Waals surface area (Å²) in [5.74, 6) is 0. The van der Waals surface area contributed by atoms with Crippen molar-refractivity contribution in [2.24, 2.45) is 0 Å². The maximum Gasteiger partial charge on any atom is 0.0715 e. The number of aromatic nitrogens is 1. The Hall–Kier alpha value is -7.61. The Morgan fingerprint density at radius 3 is 1.28 bits per heavy atom. The van der Waals surface area contributed by atoms with Crippen LogP contribution < -0.4 is 0 Å². The molecule has 0 atom stereocenters. The number of fused-ring (bicyclic) bond motifs is 5. The van der Waals surface area contributed by atoms with Crippen molar-refractivity contribution in [3.05, 3.63) is 224 Å². The highest BCUT2D eigenvalue weighted by Gasteiger charge is 2.20. The van der Waals surface area contributed by atoms with E-state index in [2.05, 4.69) is 224 Å². The van der Waals surface area contributed by atoms with Crippen LogP contribution in [-0.4, -0.2) is 4.98 Å². The second-order valence-electron chi connectivity index (χ2n) is 15.1. The zero-order valence-corrected chi connectivity index (χ0v) is 31.8. The normalized spacial score (nSPS) is 11.4. The molecule has 58 heavy (non-hydrogen) atoms. The van der Waals surface area contributed by atoms with Gasteiger partial charge in [-0.3, -0.25) is 0 Å². The Balaban J connectivity index is 1.21. The molecule has 0 unspecified atom stereocenters. The molecule has 0 amide bonds. The van der Waals surface area contributed by atoms with E-state index in [1.54, 1.807) is 0 Å². The highest BCUT2D eigenvalue weighted by atomic mass is 14.7. The first-order valence-electron chi connectivity index (χ1n) is 20.0. The lowest BCUT2D eigenvalue weighted by atomic mass is 9.83. The molecule has 0 spiro atoms. The van der Waals surface area contributed by atoms with Crippen molar-refractivity contribution in [1.29, 1.82) is 0 Å². The van der Waals surface area contributed by atoms with Crippen LogP contribution in [0.3, 0.4) is 0 Å². The molecule has 1 aromatic heterocycles. The van der Waals surface area contributed by atoms with Gasteiger partial charge in [0.25, 0.3) is 0 Å². The first kappa shape index (κ1) is 33.7. The van der Waals surface area contributed by atoms with Gasteiger partial charge >= 0.3 is 0 Å². The summed E-state index contributed by atoms with van der Waals surface area (Å²) in [7, 11) is 0. The summed E-state index contributed by atoms with van der Waals surface area (Å²) < 4.78 is 0. The zero-order chi connectivity index (χ0) is 38.4. The van der Waals surface area contributed by atoms with E-state index in [9.17, 15) is 0 Å². The molecule has 0 N–H and O–H groups in total. The fourth-order valence-corrected chi connectivity index (χ4v) is 8.91. The van der Waals surface area contributed by atoms with Crippen LogP contribution in [0.5, 0.6) is 0 Å². The number of benzene rings is 10. The van der Waals surface area contributed by atoms with Gasteiger partial charge in [-0.05, 0) is 118 Å². The molecule has 0 bridgehead atoms. The molecule has 270 valence electrons. The first-order chi connectivity index (χ1) is 28.8. The van der Waals surface area contributed by atoms with Crippen LogP contribution in [0, 0.1) is 0 Å². The maximum absolute atomic E-state index is 5.34. The molecule has 0 aliphatic carbocycles. The molecule has 0 aliphatic heterocycles. The van der Waals surface area contributed by atoms with Crippen LogP contribution in [0.2, 0.25) is 0 Å². The van der Waals surface area contributed by atoms with Gasteiger partial charge in [-0.1, -0.05) is 194 Å². The second kappa shape index (κ2) is 14.2. The average molecular weight is 736 g/mol. The minimum atomic E-state index is 0.945. The molecule has 0 saturated carbocycles. The quantitative estimate of drug-likeness (QED) is 0.122. The third-order valence-electron chi connectivity index (χ3n) is 11.6. The van der Waals surface area contributed by atoms with E-state index in [1.807, 2.05) is 0 Å². The van der Waals surface area contributed by atoms with Crippen LogP contribution in [-0.2, 0) is 0 Å². The van der Waals surface area contributed by atoms with E-state index >= 15 is 0 Å². The van der Waals surface area contributed by atoms with Gasteiger partial charge in [0.05, 0.1) is 11.4 Å². The summed E-state index contributed by atoms with van der Waals surface area (Å²) in [4.78, 5) is 5.34. The van der Waals surface area contributed by atoms with Gasteiger partial charge in [0.15, 0.2) is 0 Å². The van der Waals surface area contributed by atoms with Gasteiger partial charge < -0.3 is 0 Å². The van der Waals surface area contributed by atoms with Crippen molar-refractivity contribution >= 4 is 43.1 Å². The third-order valence-corrected chi connectivity index (χ3v) is 11.6. The van der Waals surface area contributed by atoms with E-state index < -0.39 is 0 Å². The molecule has 0 fully saturated rings. The summed E-state index contributed by atoms with van der Waals surface area (Å²) >= 11 is 0. The van der Waals surface area contributed by atoms with E-state index in [1.165, 1.54) is 82.0 Å². The fraction of sp³-hybridized carbons (Fsp3) is 0. The molecule has 0 aliphatic rings. The molecule has 0 radical (unpaired) electrons. The van der Waals surface area contributed by atoms with Crippen molar-refractivity contribution in [2.75, 3.05) is 0 Å². The van der Waals surface area contributed by atoms with Crippen molar-refractivity contribution in [3.63, 3.8) is 0 Å². The fourth-order valence-electron chi connectivity index (χ4n) is 8.91. The summed E-state index contributed by atoms with van der Waals surface area (Å²) in [6.07, 6.45) is 0. The Labute approximate surface area is 338 Å². The summed E-state index contributed by atoms with van der Waals surface area (Å²) in [5, 5.41) is 9.92.